The number of halogens is 2. The number of hydrogen-bond donors (Lipinski definition) is 1. The predicted octanol–water partition coefficient (Wildman–Crippen LogP) is 4.47. The highest BCUT2D eigenvalue weighted by molar-refractivity contribution is 6.31. The monoisotopic (exact) mass is 368 g/mol. The molecule has 1 N–H and O–H groups in total. The molecule has 3 aromatic rings. The topological polar surface area (TPSA) is 60.9 Å². The van der Waals surface area contributed by atoms with Gasteiger partial charge in [-0.15, -0.1) is 0 Å². The van der Waals surface area contributed by atoms with Crippen molar-refractivity contribution in [1.29, 1.82) is 5.26 Å². The Labute approximate surface area is 154 Å². The van der Waals surface area contributed by atoms with Crippen molar-refractivity contribution in [2.24, 2.45) is 0 Å². The fourth-order valence-electron chi connectivity index (χ4n) is 2.80. The molecule has 0 saturated carbocycles. The summed E-state index contributed by atoms with van der Waals surface area (Å²) in [6.07, 6.45) is 0. The van der Waals surface area contributed by atoms with E-state index in [1.165, 1.54) is 12.1 Å². The summed E-state index contributed by atoms with van der Waals surface area (Å²) >= 11 is 5.89. The van der Waals surface area contributed by atoms with Gasteiger partial charge in [0.1, 0.15) is 29.0 Å². The average molecular weight is 369 g/mol. The molecule has 0 amide bonds. The lowest BCUT2D eigenvalue weighted by Crippen LogP contribution is -2.04. The largest absolute Gasteiger partial charge is 0.497 e. The lowest BCUT2D eigenvalue weighted by atomic mass is 10.1. The van der Waals surface area contributed by atoms with Crippen molar-refractivity contribution in [2.45, 2.75) is 0 Å². The van der Waals surface area contributed by atoms with Crippen LogP contribution in [0.2, 0.25) is 5.02 Å². The fraction of sp³-hybridized carbons (Fsp3) is 0.158. The van der Waals surface area contributed by atoms with Crippen LogP contribution in [0.4, 0.5) is 21.6 Å². The van der Waals surface area contributed by atoms with Gasteiger partial charge < -0.3 is 15.0 Å². The second-order valence-corrected chi connectivity index (χ2v) is 6.33. The maximum atomic E-state index is 13.5. The summed E-state index contributed by atoms with van der Waals surface area (Å²) in [6.45, 7) is 1.72. The van der Waals surface area contributed by atoms with E-state index in [-0.39, 0.29) is 5.02 Å². The van der Waals surface area contributed by atoms with Crippen LogP contribution in [0, 0.1) is 17.1 Å². The first-order valence-electron chi connectivity index (χ1n) is 7.99. The number of benzene rings is 2. The van der Waals surface area contributed by atoms with Crippen molar-refractivity contribution in [3.63, 3.8) is 0 Å². The van der Waals surface area contributed by atoms with Crippen LogP contribution in [0.5, 0.6) is 5.75 Å². The van der Waals surface area contributed by atoms with Crippen LogP contribution in [0.1, 0.15) is 5.56 Å². The molecule has 5 nitrogen and oxygen atoms in total. The number of rotatable bonds is 4. The molecule has 0 radical (unpaired) electrons. The van der Waals surface area contributed by atoms with Crippen LogP contribution in [0.15, 0.2) is 36.4 Å². The van der Waals surface area contributed by atoms with E-state index < -0.39 is 5.82 Å². The number of ether oxygens (including phenoxy) is 1. The first-order chi connectivity index (χ1) is 12.6. The van der Waals surface area contributed by atoms with Crippen LogP contribution >= 0.6 is 11.6 Å². The van der Waals surface area contributed by atoms with Crippen molar-refractivity contribution in [2.75, 3.05) is 30.4 Å². The van der Waals surface area contributed by atoms with Gasteiger partial charge in [0.25, 0.3) is 0 Å². The molecule has 4 rings (SSSR count). The van der Waals surface area contributed by atoms with Crippen LogP contribution in [-0.2, 0) is 0 Å². The zero-order valence-electron chi connectivity index (χ0n) is 13.9. The third-order valence-corrected chi connectivity index (χ3v) is 4.51. The smallest absolute Gasteiger partial charge is 0.149 e. The molecule has 0 atom stereocenters. The van der Waals surface area contributed by atoms with Crippen molar-refractivity contribution in [1.82, 2.24) is 4.98 Å². The Morgan fingerprint density at radius 3 is 2.73 bits per heavy atom. The molecule has 1 aromatic heterocycles. The van der Waals surface area contributed by atoms with Crippen molar-refractivity contribution >= 4 is 39.7 Å². The molecule has 2 heterocycles. The van der Waals surface area contributed by atoms with Gasteiger partial charge in [-0.2, -0.15) is 5.26 Å². The Morgan fingerprint density at radius 1 is 1.27 bits per heavy atom. The molecule has 0 spiro atoms. The normalized spacial score (nSPS) is 12.8. The minimum atomic E-state index is -0.494. The quantitative estimate of drug-likeness (QED) is 0.688. The molecule has 0 bridgehead atoms. The van der Waals surface area contributed by atoms with Gasteiger partial charge in [-0.25, -0.2) is 9.37 Å². The Morgan fingerprint density at radius 2 is 2.08 bits per heavy atom. The van der Waals surface area contributed by atoms with E-state index in [9.17, 15) is 9.65 Å². The Bertz CT molecular complexity index is 1060. The number of nitrogens with one attached hydrogen (secondary N) is 1. The van der Waals surface area contributed by atoms with Gasteiger partial charge in [0.15, 0.2) is 0 Å². The number of nitrogens with zero attached hydrogens (tertiary/aromatic N) is 3. The third-order valence-electron chi connectivity index (χ3n) is 4.22. The molecule has 1 fully saturated rings. The van der Waals surface area contributed by atoms with E-state index in [0.29, 0.717) is 34.0 Å². The molecular weight excluding hydrogens is 355 g/mol. The zero-order chi connectivity index (χ0) is 18.3. The number of pyridine rings is 1. The lowest BCUT2D eigenvalue weighted by molar-refractivity contribution is 0.415. The van der Waals surface area contributed by atoms with Crippen LogP contribution in [0.3, 0.4) is 0 Å². The first kappa shape index (κ1) is 16.4. The predicted molar refractivity (Wildman–Crippen MR) is 99.9 cm³/mol. The number of fused-ring (bicyclic) bond motifs is 1. The fourth-order valence-corrected chi connectivity index (χ4v) is 2.98. The minimum absolute atomic E-state index is 0.0136. The standard InChI is InChI=1S/C19H14ClFN4O/c1-26-12-3-4-13-17(9-12)24-19(25-6-7-25)14(10-22)18(13)23-11-2-5-16(21)15(20)8-11/h2-5,8-9H,6-7H2,1H3,(H,23,24). The molecule has 130 valence electrons. The Balaban J connectivity index is 1.92. The highest BCUT2D eigenvalue weighted by Gasteiger charge is 2.26. The second-order valence-electron chi connectivity index (χ2n) is 5.92. The maximum absolute atomic E-state index is 13.5. The molecule has 7 heteroatoms. The second kappa shape index (κ2) is 6.36. The van der Waals surface area contributed by atoms with E-state index in [4.69, 9.17) is 16.3 Å². The number of nitriles is 1. The van der Waals surface area contributed by atoms with E-state index in [0.717, 1.165) is 18.5 Å². The Kier molecular flexibility index (Phi) is 4.02. The van der Waals surface area contributed by atoms with Crippen LogP contribution < -0.4 is 15.0 Å². The van der Waals surface area contributed by atoms with Crippen molar-refractivity contribution in [3.8, 4) is 11.8 Å². The number of methoxy groups -OCH3 is 1. The summed E-state index contributed by atoms with van der Waals surface area (Å²) in [5.74, 6) is 0.818. The van der Waals surface area contributed by atoms with Crippen molar-refractivity contribution < 1.29 is 9.13 Å². The SMILES string of the molecule is COc1ccc2c(Nc3ccc(F)c(Cl)c3)c(C#N)c(N3CC3)nc2c1. The molecule has 2 aromatic carbocycles. The van der Waals surface area contributed by atoms with E-state index in [2.05, 4.69) is 16.4 Å². The molecule has 1 aliphatic rings. The first-order valence-corrected chi connectivity index (χ1v) is 8.37. The Hall–Kier alpha value is -3.04. The highest BCUT2D eigenvalue weighted by atomic mass is 35.5. The molecule has 0 unspecified atom stereocenters. The van der Waals surface area contributed by atoms with Gasteiger partial charge >= 0.3 is 0 Å². The van der Waals surface area contributed by atoms with E-state index >= 15 is 0 Å². The summed E-state index contributed by atoms with van der Waals surface area (Å²) < 4.78 is 18.7. The van der Waals surface area contributed by atoms with Gasteiger partial charge in [0.05, 0.1) is 23.3 Å². The lowest BCUT2D eigenvalue weighted by Gasteiger charge is -2.16. The summed E-state index contributed by atoms with van der Waals surface area (Å²) in [4.78, 5) is 6.66. The minimum Gasteiger partial charge on any atom is -0.497 e. The third kappa shape index (κ3) is 2.87. The molecule has 0 aliphatic carbocycles. The number of hydrogen-bond acceptors (Lipinski definition) is 5. The average Bonchev–Trinajstić information content (AvgIpc) is 3.49. The summed E-state index contributed by atoms with van der Waals surface area (Å²) in [6, 6.07) is 12.1. The van der Waals surface area contributed by atoms with Gasteiger partial charge in [-0.05, 0) is 30.3 Å². The summed E-state index contributed by atoms with van der Waals surface area (Å²) in [7, 11) is 1.59. The summed E-state index contributed by atoms with van der Waals surface area (Å²) in [5.41, 5.74) is 2.36. The number of aromatic nitrogens is 1. The van der Waals surface area contributed by atoms with Crippen molar-refractivity contribution in [3.05, 3.63) is 52.8 Å². The number of anilines is 3. The van der Waals surface area contributed by atoms with E-state index in [1.807, 2.05) is 23.1 Å². The molecular formula is C19H14ClFN4O. The van der Waals surface area contributed by atoms with Crippen LogP contribution in [-0.4, -0.2) is 25.2 Å². The van der Waals surface area contributed by atoms with Gasteiger partial charge in [0, 0.05) is 30.2 Å². The highest BCUT2D eigenvalue weighted by Crippen LogP contribution is 2.38. The van der Waals surface area contributed by atoms with Gasteiger partial charge in [0.2, 0.25) is 0 Å². The van der Waals surface area contributed by atoms with E-state index in [1.54, 1.807) is 13.2 Å². The van der Waals surface area contributed by atoms with Gasteiger partial charge in [-0.3, -0.25) is 0 Å². The molecule has 26 heavy (non-hydrogen) atoms. The zero-order valence-corrected chi connectivity index (χ0v) is 14.6. The van der Waals surface area contributed by atoms with Gasteiger partial charge in [-0.1, -0.05) is 11.6 Å². The summed E-state index contributed by atoms with van der Waals surface area (Å²) in [5, 5.41) is 13.7. The maximum Gasteiger partial charge on any atom is 0.149 e. The van der Waals surface area contributed by atoms with Crippen LogP contribution in [0.25, 0.3) is 10.9 Å². The molecule has 1 aliphatic heterocycles. The molecule has 1 saturated heterocycles.